The number of H-pyrrole nitrogens is 2. The second kappa shape index (κ2) is 4.03. The average molecular weight is 265 g/mol. The number of hydrogen-bond acceptors (Lipinski definition) is 3. The highest BCUT2D eigenvalue weighted by atomic mass is 35.5. The molecule has 92 valence electrons. The molecule has 0 atom stereocenters. The number of nitrogens with zero attached hydrogens (tertiary/aromatic N) is 1. The molecular weight excluding hydrogens is 254 g/mol. The summed E-state index contributed by atoms with van der Waals surface area (Å²) in [7, 11) is 3.21. The molecule has 0 aliphatic carbocycles. The van der Waals surface area contributed by atoms with Crippen molar-refractivity contribution in [2.24, 2.45) is 0 Å². The Labute approximate surface area is 108 Å². The van der Waals surface area contributed by atoms with E-state index in [0.717, 1.165) is 21.9 Å². The van der Waals surface area contributed by atoms with Crippen molar-refractivity contribution in [2.75, 3.05) is 14.2 Å². The van der Waals surface area contributed by atoms with E-state index >= 15 is 0 Å². The molecule has 6 heteroatoms. The van der Waals surface area contributed by atoms with E-state index in [-0.39, 0.29) is 0 Å². The normalized spacial score (nSPS) is 11.1. The lowest BCUT2D eigenvalue weighted by atomic mass is 10.2. The molecule has 3 aromatic rings. The Balaban J connectivity index is 2.45. The molecule has 0 amide bonds. The van der Waals surface area contributed by atoms with Gasteiger partial charge >= 0.3 is 0 Å². The molecule has 1 aromatic carbocycles. The van der Waals surface area contributed by atoms with Crippen molar-refractivity contribution in [2.45, 2.75) is 0 Å². The van der Waals surface area contributed by atoms with Gasteiger partial charge in [-0.25, -0.2) is 4.98 Å². The first-order valence-electron chi connectivity index (χ1n) is 5.34. The molecule has 0 aliphatic heterocycles. The number of rotatable bonds is 2. The van der Waals surface area contributed by atoms with E-state index in [1.54, 1.807) is 20.5 Å². The molecule has 0 bridgehead atoms. The quantitative estimate of drug-likeness (QED) is 0.722. The van der Waals surface area contributed by atoms with Gasteiger partial charge in [0.1, 0.15) is 10.9 Å². The van der Waals surface area contributed by atoms with Gasteiger partial charge in [-0.3, -0.25) is 4.98 Å². The number of halogens is 1. The van der Waals surface area contributed by atoms with Crippen LogP contribution in [0.4, 0.5) is 0 Å². The highest BCUT2D eigenvalue weighted by Gasteiger charge is 2.17. The lowest BCUT2D eigenvalue weighted by Gasteiger charge is -2.06. The third-order valence-electron chi connectivity index (χ3n) is 2.90. The van der Waals surface area contributed by atoms with Gasteiger partial charge in [0.25, 0.3) is 0 Å². The SMILES string of the molecule is COc1cc2[nH]c3[nH+]cnc(Cl)c3c2cc1OC. The number of aromatic amines is 2. The number of ether oxygens (including phenoxy) is 2. The minimum absolute atomic E-state index is 0.446. The van der Waals surface area contributed by atoms with E-state index in [1.165, 1.54) is 0 Å². The Bertz CT molecular complexity index is 739. The summed E-state index contributed by atoms with van der Waals surface area (Å²) in [6, 6.07) is 3.76. The predicted molar refractivity (Wildman–Crippen MR) is 68.3 cm³/mol. The van der Waals surface area contributed by atoms with Crippen LogP contribution >= 0.6 is 11.6 Å². The number of hydrogen-bond donors (Lipinski definition) is 1. The van der Waals surface area contributed by atoms with E-state index in [0.29, 0.717) is 16.7 Å². The molecule has 0 saturated heterocycles. The molecule has 18 heavy (non-hydrogen) atoms. The molecule has 3 rings (SSSR count). The fraction of sp³-hybridized carbons (Fsp3) is 0.167. The molecule has 2 aromatic heterocycles. The van der Waals surface area contributed by atoms with Crippen LogP contribution in [-0.2, 0) is 0 Å². The monoisotopic (exact) mass is 264 g/mol. The molecule has 0 fully saturated rings. The van der Waals surface area contributed by atoms with Crippen LogP contribution in [0.3, 0.4) is 0 Å². The first-order valence-corrected chi connectivity index (χ1v) is 5.72. The number of methoxy groups -OCH3 is 2. The largest absolute Gasteiger partial charge is 0.493 e. The van der Waals surface area contributed by atoms with Gasteiger partial charge in [-0.1, -0.05) is 4.98 Å². The summed E-state index contributed by atoms with van der Waals surface area (Å²) in [5.74, 6) is 1.33. The summed E-state index contributed by atoms with van der Waals surface area (Å²) in [5, 5.41) is 2.23. The topological polar surface area (TPSA) is 61.3 Å². The fourth-order valence-electron chi connectivity index (χ4n) is 2.06. The van der Waals surface area contributed by atoms with Crippen LogP contribution in [0.5, 0.6) is 11.5 Å². The molecule has 0 saturated carbocycles. The molecule has 0 spiro atoms. The molecule has 0 unspecified atom stereocenters. The molecule has 0 aliphatic rings. The van der Waals surface area contributed by atoms with Crippen molar-refractivity contribution in [3.63, 3.8) is 0 Å². The Morgan fingerprint density at radius 2 is 1.94 bits per heavy atom. The van der Waals surface area contributed by atoms with Crippen molar-refractivity contribution >= 4 is 33.5 Å². The van der Waals surface area contributed by atoms with Gasteiger partial charge in [0.2, 0.25) is 17.1 Å². The van der Waals surface area contributed by atoms with Crippen LogP contribution in [-0.4, -0.2) is 24.2 Å². The average Bonchev–Trinajstić information content (AvgIpc) is 2.75. The van der Waals surface area contributed by atoms with Crippen molar-refractivity contribution in [1.82, 2.24) is 9.97 Å². The summed E-state index contributed by atoms with van der Waals surface area (Å²) < 4.78 is 10.6. The van der Waals surface area contributed by atoms with Gasteiger partial charge in [-0.15, -0.1) is 0 Å². The summed E-state index contributed by atoms with van der Waals surface area (Å²) in [4.78, 5) is 10.3. The lowest BCUT2D eigenvalue weighted by molar-refractivity contribution is -0.352. The third-order valence-corrected chi connectivity index (χ3v) is 3.18. The number of aromatic nitrogens is 3. The molecular formula is C12H11ClN3O2+. The summed E-state index contributed by atoms with van der Waals surface area (Å²) in [5.41, 5.74) is 1.73. The summed E-state index contributed by atoms with van der Waals surface area (Å²) >= 11 is 6.12. The van der Waals surface area contributed by atoms with Crippen LogP contribution in [0.25, 0.3) is 21.9 Å². The first-order chi connectivity index (χ1) is 8.74. The predicted octanol–water partition coefficient (Wildman–Crippen LogP) is 2.20. The molecule has 5 nitrogen and oxygen atoms in total. The second-order valence-electron chi connectivity index (χ2n) is 3.82. The molecule has 0 radical (unpaired) electrons. The van der Waals surface area contributed by atoms with Gasteiger partial charge in [0.15, 0.2) is 11.5 Å². The van der Waals surface area contributed by atoms with E-state index in [2.05, 4.69) is 15.0 Å². The van der Waals surface area contributed by atoms with Gasteiger partial charge in [-0.2, -0.15) is 0 Å². The Hall–Kier alpha value is -2.01. The van der Waals surface area contributed by atoms with Crippen molar-refractivity contribution < 1.29 is 14.5 Å². The highest BCUT2D eigenvalue weighted by molar-refractivity contribution is 6.36. The van der Waals surface area contributed by atoms with Crippen LogP contribution in [0.15, 0.2) is 18.5 Å². The van der Waals surface area contributed by atoms with Crippen molar-refractivity contribution in [3.05, 3.63) is 23.6 Å². The summed E-state index contributed by atoms with van der Waals surface area (Å²) in [6.45, 7) is 0. The first kappa shape index (κ1) is 11.1. The van der Waals surface area contributed by atoms with Gasteiger partial charge in [0, 0.05) is 11.5 Å². The Morgan fingerprint density at radius 3 is 2.67 bits per heavy atom. The minimum atomic E-state index is 0.446. The molecule has 2 N–H and O–H groups in total. The number of nitrogens with one attached hydrogen (secondary N) is 2. The molecule has 2 heterocycles. The Kier molecular flexibility index (Phi) is 2.48. The van der Waals surface area contributed by atoms with Crippen LogP contribution in [0.1, 0.15) is 0 Å². The highest BCUT2D eigenvalue weighted by Crippen LogP contribution is 2.36. The zero-order valence-electron chi connectivity index (χ0n) is 9.87. The van der Waals surface area contributed by atoms with Gasteiger partial charge < -0.3 is 9.47 Å². The summed E-state index contributed by atoms with van der Waals surface area (Å²) in [6.07, 6.45) is 1.55. The van der Waals surface area contributed by atoms with Crippen molar-refractivity contribution in [3.8, 4) is 11.5 Å². The Morgan fingerprint density at radius 1 is 1.22 bits per heavy atom. The number of benzene rings is 1. The smallest absolute Gasteiger partial charge is 0.236 e. The number of fused-ring (bicyclic) bond motifs is 3. The van der Waals surface area contributed by atoms with Crippen LogP contribution in [0, 0.1) is 0 Å². The fourth-order valence-corrected chi connectivity index (χ4v) is 2.31. The van der Waals surface area contributed by atoms with E-state index < -0.39 is 0 Å². The standard InChI is InChI=1S/C12H10ClN3O2/c1-17-8-3-6-7(4-9(8)18-2)16-12-10(6)11(13)14-5-15-12/h3-5H,1-2H3,(H,14,15,16)/p+1. The maximum Gasteiger partial charge on any atom is 0.236 e. The lowest BCUT2D eigenvalue weighted by Crippen LogP contribution is -2.03. The zero-order valence-corrected chi connectivity index (χ0v) is 10.6. The maximum absolute atomic E-state index is 6.12. The van der Waals surface area contributed by atoms with E-state index in [1.807, 2.05) is 12.1 Å². The minimum Gasteiger partial charge on any atom is -0.493 e. The third kappa shape index (κ3) is 1.48. The van der Waals surface area contributed by atoms with E-state index in [9.17, 15) is 0 Å². The van der Waals surface area contributed by atoms with Crippen LogP contribution < -0.4 is 14.5 Å². The van der Waals surface area contributed by atoms with Gasteiger partial charge in [-0.05, 0) is 17.7 Å². The maximum atomic E-state index is 6.12. The second-order valence-corrected chi connectivity index (χ2v) is 4.18. The van der Waals surface area contributed by atoms with Crippen molar-refractivity contribution in [1.29, 1.82) is 0 Å². The van der Waals surface area contributed by atoms with Gasteiger partial charge in [0.05, 0.1) is 14.2 Å². The van der Waals surface area contributed by atoms with Crippen LogP contribution in [0.2, 0.25) is 5.15 Å². The zero-order chi connectivity index (χ0) is 12.7. The van der Waals surface area contributed by atoms with E-state index in [4.69, 9.17) is 21.1 Å².